The van der Waals surface area contributed by atoms with Crippen LogP contribution >= 0.6 is 11.8 Å². The van der Waals surface area contributed by atoms with Crippen molar-refractivity contribution in [3.63, 3.8) is 0 Å². The summed E-state index contributed by atoms with van der Waals surface area (Å²) >= 11 is 1.88. The van der Waals surface area contributed by atoms with E-state index in [9.17, 15) is 4.79 Å². The first kappa shape index (κ1) is 16.8. The Morgan fingerprint density at radius 2 is 1.96 bits per heavy atom. The van der Waals surface area contributed by atoms with Gasteiger partial charge < -0.3 is 10.6 Å². The highest BCUT2D eigenvalue weighted by Gasteiger charge is 2.18. The van der Waals surface area contributed by atoms with Crippen LogP contribution in [0.1, 0.15) is 37.1 Å². The lowest BCUT2D eigenvalue weighted by atomic mass is 10.3. The molecular weight excluding hydrogens is 318 g/mol. The number of aromatic nitrogens is 1. The Morgan fingerprint density at radius 3 is 2.75 bits per heavy atom. The van der Waals surface area contributed by atoms with E-state index in [2.05, 4.69) is 21.7 Å². The van der Waals surface area contributed by atoms with Gasteiger partial charge in [0.05, 0.1) is 17.9 Å². The maximum Gasteiger partial charge on any atom is 0.319 e. The number of aryl methyl sites for hydroxylation is 1. The molecule has 1 fully saturated rings. The van der Waals surface area contributed by atoms with Gasteiger partial charge in [0.1, 0.15) is 0 Å². The second kappa shape index (κ2) is 8.20. The Hall–Kier alpha value is -2.01. The number of hydrogen-bond acceptors (Lipinski definition) is 3. The molecule has 5 heteroatoms. The van der Waals surface area contributed by atoms with Crippen molar-refractivity contribution < 1.29 is 4.79 Å². The summed E-state index contributed by atoms with van der Waals surface area (Å²) in [6, 6.07) is 13.6. The van der Waals surface area contributed by atoms with Crippen LogP contribution in [0.25, 0.3) is 0 Å². The summed E-state index contributed by atoms with van der Waals surface area (Å²) in [6.07, 6.45) is 5.17. The van der Waals surface area contributed by atoms with Gasteiger partial charge in [-0.1, -0.05) is 31.0 Å². The molecule has 1 aromatic carbocycles. The third kappa shape index (κ3) is 4.74. The number of anilines is 1. The molecule has 0 saturated heterocycles. The van der Waals surface area contributed by atoms with Gasteiger partial charge in [-0.3, -0.25) is 4.98 Å². The van der Waals surface area contributed by atoms with Crippen LogP contribution in [0.4, 0.5) is 10.5 Å². The standard InChI is InChI=1S/C19H23N3OS/c1-14-7-6-8-15(21-14)13-20-19(23)22-17-11-4-5-12-18(17)24-16-9-2-3-10-16/h4-8,11-12,16H,2-3,9-10,13H2,1H3,(H2,20,22,23). The number of thioether (sulfide) groups is 1. The molecule has 4 nitrogen and oxygen atoms in total. The van der Waals surface area contributed by atoms with Crippen LogP contribution in [0.5, 0.6) is 0 Å². The van der Waals surface area contributed by atoms with Crippen molar-refractivity contribution in [1.29, 1.82) is 0 Å². The van der Waals surface area contributed by atoms with E-state index in [1.165, 1.54) is 25.7 Å². The van der Waals surface area contributed by atoms with E-state index in [0.717, 1.165) is 22.0 Å². The second-order valence-electron chi connectivity index (χ2n) is 6.10. The average molecular weight is 341 g/mol. The highest BCUT2D eigenvalue weighted by atomic mass is 32.2. The SMILES string of the molecule is Cc1cccc(CNC(=O)Nc2ccccc2SC2CCCC2)n1. The fourth-order valence-electron chi connectivity index (χ4n) is 2.89. The minimum atomic E-state index is -0.197. The summed E-state index contributed by atoms with van der Waals surface area (Å²) in [4.78, 5) is 17.7. The van der Waals surface area contributed by atoms with Gasteiger partial charge in [-0.25, -0.2) is 4.79 Å². The number of rotatable bonds is 5. The first-order chi connectivity index (χ1) is 11.7. The number of urea groups is 1. The van der Waals surface area contributed by atoms with E-state index in [1.54, 1.807) is 0 Å². The molecule has 1 aliphatic rings. The monoisotopic (exact) mass is 341 g/mol. The lowest BCUT2D eigenvalue weighted by molar-refractivity contribution is 0.251. The van der Waals surface area contributed by atoms with Gasteiger partial charge in [-0.15, -0.1) is 11.8 Å². The molecule has 0 bridgehead atoms. The summed E-state index contributed by atoms with van der Waals surface area (Å²) < 4.78 is 0. The summed E-state index contributed by atoms with van der Waals surface area (Å²) in [5.74, 6) is 0. The minimum Gasteiger partial charge on any atom is -0.332 e. The zero-order valence-corrected chi connectivity index (χ0v) is 14.7. The van der Waals surface area contributed by atoms with E-state index in [-0.39, 0.29) is 6.03 Å². The number of pyridine rings is 1. The number of benzene rings is 1. The van der Waals surface area contributed by atoms with Gasteiger partial charge in [-0.2, -0.15) is 0 Å². The Kier molecular flexibility index (Phi) is 5.75. The van der Waals surface area contributed by atoms with Crippen LogP contribution in [0, 0.1) is 6.92 Å². The van der Waals surface area contributed by atoms with Gasteiger partial charge in [0.2, 0.25) is 0 Å². The van der Waals surface area contributed by atoms with Gasteiger partial charge in [0.15, 0.2) is 0 Å². The lowest BCUT2D eigenvalue weighted by Gasteiger charge is -2.14. The Morgan fingerprint density at radius 1 is 1.17 bits per heavy atom. The van der Waals surface area contributed by atoms with Gasteiger partial charge in [-0.05, 0) is 44.0 Å². The first-order valence-electron chi connectivity index (χ1n) is 8.44. The van der Waals surface area contributed by atoms with E-state index in [1.807, 2.05) is 55.1 Å². The highest BCUT2D eigenvalue weighted by molar-refractivity contribution is 8.00. The van der Waals surface area contributed by atoms with Gasteiger partial charge in [0, 0.05) is 15.8 Å². The molecule has 2 aromatic rings. The topological polar surface area (TPSA) is 54.0 Å². The lowest BCUT2D eigenvalue weighted by Crippen LogP contribution is -2.28. The molecule has 0 atom stereocenters. The molecule has 24 heavy (non-hydrogen) atoms. The van der Waals surface area contributed by atoms with E-state index >= 15 is 0 Å². The van der Waals surface area contributed by atoms with Crippen molar-refractivity contribution in [2.24, 2.45) is 0 Å². The molecule has 2 amide bonds. The molecule has 3 rings (SSSR count). The maximum absolute atomic E-state index is 12.2. The number of carbonyl (C=O) groups is 1. The van der Waals surface area contributed by atoms with Gasteiger partial charge >= 0.3 is 6.03 Å². The second-order valence-corrected chi connectivity index (χ2v) is 7.44. The van der Waals surface area contributed by atoms with Crippen molar-refractivity contribution in [1.82, 2.24) is 10.3 Å². The van der Waals surface area contributed by atoms with E-state index in [4.69, 9.17) is 0 Å². The zero-order chi connectivity index (χ0) is 16.8. The van der Waals surface area contributed by atoms with Crippen molar-refractivity contribution in [2.45, 2.75) is 49.3 Å². The molecule has 2 N–H and O–H groups in total. The fraction of sp³-hybridized carbons (Fsp3) is 0.368. The number of carbonyl (C=O) groups excluding carboxylic acids is 1. The number of amides is 2. The van der Waals surface area contributed by atoms with Crippen molar-refractivity contribution in [2.75, 3.05) is 5.32 Å². The maximum atomic E-state index is 12.2. The highest BCUT2D eigenvalue weighted by Crippen LogP contribution is 2.37. The molecule has 1 aromatic heterocycles. The molecular formula is C19H23N3OS. The van der Waals surface area contributed by atoms with Crippen LogP contribution < -0.4 is 10.6 Å². The van der Waals surface area contributed by atoms with Crippen LogP contribution in [0.15, 0.2) is 47.4 Å². The van der Waals surface area contributed by atoms with Crippen LogP contribution in [-0.4, -0.2) is 16.3 Å². The number of nitrogens with one attached hydrogen (secondary N) is 2. The summed E-state index contributed by atoms with van der Waals surface area (Å²) in [5, 5.41) is 6.52. The Bertz CT molecular complexity index is 699. The molecule has 1 saturated carbocycles. The van der Waals surface area contributed by atoms with E-state index in [0.29, 0.717) is 11.8 Å². The Labute approximate surface area is 147 Å². The number of nitrogens with zero attached hydrogens (tertiary/aromatic N) is 1. The smallest absolute Gasteiger partial charge is 0.319 e. The zero-order valence-electron chi connectivity index (χ0n) is 13.9. The van der Waals surface area contributed by atoms with E-state index < -0.39 is 0 Å². The molecule has 0 unspecified atom stereocenters. The molecule has 0 aliphatic heterocycles. The molecule has 1 heterocycles. The largest absolute Gasteiger partial charge is 0.332 e. The van der Waals surface area contributed by atoms with Crippen LogP contribution in [0.3, 0.4) is 0 Å². The first-order valence-corrected chi connectivity index (χ1v) is 9.32. The molecule has 0 spiro atoms. The third-order valence-corrected chi connectivity index (χ3v) is 5.52. The third-order valence-electron chi connectivity index (χ3n) is 4.11. The predicted molar refractivity (Wildman–Crippen MR) is 99.4 cm³/mol. The predicted octanol–water partition coefficient (Wildman–Crippen LogP) is 4.75. The summed E-state index contributed by atoms with van der Waals surface area (Å²) in [7, 11) is 0. The average Bonchev–Trinajstić information content (AvgIpc) is 3.08. The summed E-state index contributed by atoms with van der Waals surface area (Å²) in [5.41, 5.74) is 2.69. The molecule has 126 valence electrons. The van der Waals surface area contributed by atoms with Crippen LogP contribution in [-0.2, 0) is 6.54 Å². The van der Waals surface area contributed by atoms with Crippen LogP contribution in [0.2, 0.25) is 0 Å². The number of para-hydroxylation sites is 1. The normalized spacial score (nSPS) is 14.5. The van der Waals surface area contributed by atoms with Gasteiger partial charge in [0.25, 0.3) is 0 Å². The quantitative estimate of drug-likeness (QED) is 0.825. The molecule has 1 aliphatic carbocycles. The minimum absolute atomic E-state index is 0.197. The molecule has 0 radical (unpaired) electrons. The van der Waals surface area contributed by atoms with Crippen molar-refractivity contribution >= 4 is 23.5 Å². The fourth-order valence-corrected chi connectivity index (χ4v) is 4.23. The van der Waals surface area contributed by atoms with Crippen molar-refractivity contribution in [3.8, 4) is 0 Å². The summed E-state index contributed by atoms with van der Waals surface area (Å²) in [6.45, 7) is 2.37. The number of hydrogen-bond donors (Lipinski definition) is 2. The van der Waals surface area contributed by atoms with Crippen molar-refractivity contribution in [3.05, 3.63) is 53.9 Å². The Balaban J connectivity index is 1.57.